The molecule has 1 amide bonds. The third kappa shape index (κ3) is 1.93. The molecule has 1 heterocycles. The Morgan fingerprint density at radius 2 is 2.07 bits per heavy atom. The Hall–Kier alpha value is -1.35. The van der Waals surface area contributed by atoms with Crippen LogP contribution in [0.25, 0.3) is 0 Å². The van der Waals surface area contributed by atoms with Crippen molar-refractivity contribution in [3.8, 4) is 0 Å². The molecule has 1 atom stereocenters. The van der Waals surface area contributed by atoms with Crippen molar-refractivity contribution in [3.63, 3.8) is 0 Å². The summed E-state index contributed by atoms with van der Waals surface area (Å²) in [5, 5.41) is 0.684. The van der Waals surface area contributed by atoms with Gasteiger partial charge in [0.15, 0.2) is 12.5 Å². The molecule has 4 heteroatoms. The Morgan fingerprint density at radius 1 is 1.36 bits per heavy atom. The molecule has 0 saturated heterocycles. The lowest BCUT2D eigenvalue weighted by Gasteiger charge is -2.06. The third-order valence-electron chi connectivity index (χ3n) is 2.01. The highest BCUT2D eigenvalue weighted by Crippen LogP contribution is 2.13. The highest BCUT2D eigenvalue weighted by Gasteiger charge is 2.22. The number of hydrogen-bond donors (Lipinski definition) is 0. The summed E-state index contributed by atoms with van der Waals surface area (Å²) in [5.41, 5.74) is 1.01. The molecule has 2 rings (SSSR count). The number of rotatable bonds is 2. The van der Waals surface area contributed by atoms with Crippen LogP contribution >= 0.6 is 11.6 Å². The maximum absolute atomic E-state index is 11.1. The predicted octanol–water partition coefficient (Wildman–Crippen LogP) is 1.84. The molecule has 0 bridgehead atoms. The minimum atomic E-state index is -0.462. The van der Waals surface area contributed by atoms with Crippen LogP contribution < -0.4 is 0 Å². The van der Waals surface area contributed by atoms with Crippen molar-refractivity contribution >= 4 is 23.9 Å². The molecule has 72 valence electrons. The Kier molecular flexibility index (Phi) is 2.50. The Bertz CT molecular complexity index is 372. The molecule has 0 aromatic heterocycles. The molecule has 0 aliphatic carbocycles. The van der Waals surface area contributed by atoms with Crippen molar-refractivity contribution in [1.29, 1.82) is 0 Å². The van der Waals surface area contributed by atoms with Crippen LogP contribution in [0.4, 0.5) is 0 Å². The van der Waals surface area contributed by atoms with Crippen LogP contribution in [0.5, 0.6) is 0 Å². The molecule has 3 nitrogen and oxygen atoms in total. The lowest BCUT2D eigenvalue weighted by Crippen LogP contribution is -2.19. The minimum absolute atomic E-state index is 0.222. The molecule has 1 aromatic carbocycles. The first-order valence-electron chi connectivity index (χ1n) is 4.22. The molecule has 0 saturated carbocycles. The van der Waals surface area contributed by atoms with Gasteiger partial charge in [-0.05, 0) is 17.7 Å². The zero-order valence-corrected chi connectivity index (χ0v) is 8.07. The molecule has 0 spiro atoms. The van der Waals surface area contributed by atoms with Crippen LogP contribution in [0.3, 0.4) is 0 Å². The highest BCUT2D eigenvalue weighted by atomic mass is 35.5. The van der Waals surface area contributed by atoms with Crippen molar-refractivity contribution in [3.05, 3.63) is 34.9 Å². The number of carbonyl (C=O) groups is 1. The number of aliphatic imine (C=N–C) groups is 1. The number of ether oxygens (including phenoxy) is 1. The van der Waals surface area contributed by atoms with E-state index in [4.69, 9.17) is 16.3 Å². The Balaban J connectivity index is 2.04. The van der Waals surface area contributed by atoms with Gasteiger partial charge in [0.2, 0.25) is 0 Å². The van der Waals surface area contributed by atoms with Gasteiger partial charge in [0.1, 0.15) is 0 Å². The number of hydrogen-bond acceptors (Lipinski definition) is 2. The van der Waals surface area contributed by atoms with Crippen molar-refractivity contribution in [2.45, 2.75) is 12.5 Å². The summed E-state index contributed by atoms with van der Waals surface area (Å²) >= 11 is 5.73. The standard InChI is InChI=1S/C10H8ClNO2/c11-8-3-1-7(2-4-8)5-9-10(13)12-6-14-9/h1-4,6,9H,5H2. The summed E-state index contributed by atoms with van der Waals surface area (Å²) < 4.78 is 5.03. The van der Waals surface area contributed by atoms with Gasteiger partial charge in [-0.15, -0.1) is 0 Å². The van der Waals surface area contributed by atoms with Gasteiger partial charge in [-0.1, -0.05) is 23.7 Å². The summed E-state index contributed by atoms with van der Waals surface area (Å²) in [5.74, 6) is -0.222. The van der Waals surface area contributed by atoms with Gasteiger partial charge in [-0.25, -0.2) is 0 Å². The number of carbonyl (C=O) groups excluding carboxylic acids is 1. The lowest BCUT2D eigenvalue weighted by atomic mass is 10.1. The third-order valence-corrected chi connectivity index (χ3v) is 2.27. The smallest absolute Gasteiger partial charge is 0.289 e. The number of amides is 1. The maximum atomic E-state index is 11.1. The predicted molar refractivity (Wildman–Crippen MR) is 53.5 cm³/mol. The molecule has 1 aliphatic heterocycles. The molecule has 14 heavy (non-hydrogen) atoms. The molecule has 1 unspecified atom stereocenters. The van der Waals surface area contributed by atoms with Gasteiger partial charge in [0.05, 0.1) is 0 Å². The van der Waals surface area contributed by atoms with Gasteiger partial charge < -0.3 is 4.74 Å². The minimum Gasteiger partial charge on any atom is -0.470 e. The van der Waals surface area contributed by atoms with E-state index in [0.717, 1.165) is 5.56 Å². The normalized spacial score (nSPS) is 19.8. The number of halogens is 1. The average Bonchev–Trinajstić information content (AvgIpc) is 2.56. The second-order valence-electron chi connectivity index (χ2n) is 3.03. The van der Waals surface area contributed by atoms with Crippen LogP contribution in [-0.2, 0) is 16.0 Å². The first kappa shape index (κ1) is 9.21. The van der Waals surface area contributed by atoms with Gasteiger partial charge in [0.25, 0.3) is 5.91 Å². The van der Waals surface area contributed by atoms with Crippen LogP contribution in [0.15, 0.2) is 29.3 Å². The SMILES string of the molecule is O=C1N=COC1Cc1ccc(Cl)cc1. The Morgan fingerprint density at radius 3 is 2.64 bits per heavy atom. The molecule has 1 aliphatic rings. The molecular weight excluding hydrogens is 202 g/mol. The van der Waals surface area contributed by atoms with Gasteiger partial charge in [-0.2, -0.15) is 4.99 Å². The summed E-state index contributed by atoms with van der Waals surface area (Å²) in [6.07, 6.45) is 1.27. The summed E-state index contributed by atoms with van der Waals surface area (Å²) in [7, 11) is 0. The van der Waals surface area contributed by atoms with E-state index in [0.29, 0.717) is 11.4 Å². The van der Waals surface area contributed by atoms with E-state index in [9.17, 15) is 4.79 Å². The van der Waals surface area contributed by atoms with E-state index < -0.39 is 6.10 Å². The largest absolute Gasteiger partial charge is 0.470 e. The van der Waals surface area contributed by atoms with E-state index in [1.165, 1.54) is 6.40 Å². The highest BCUT2D eigenvalue weighted by molar-refractivity contribution is 6.30. The first-order chi connectivity index (χ1) is 6.75. The van der Waals surface area contributed by atoms with E-state index in [1.54, 1.807) is 12.1 Å². The first-order valence-corrected chi connectivity index (χ1v) is 4.60. The van der Waals surface area contributed by atoms with Gasteiger partial charge >= 0.3 is 0 Å². The second kappa shape index (κ2) is 3.80. The zero-order valence-electron chi connectivity index (χ0n) is 7.31. The van der Waals surface area contributed by atoms with Crippen LogP contribution in [0.2, 0.25) is 5.02 Å². The fraction of sp³-hybridized carbons (Fsp3) is 0.200. The second-order valence-corrected chi connectivity index (χ2v) is 3.46. The maximum Gasteiger partial charge on any atom is 0.289 e. The Labute approximate surface area is 86.4 Å². The number of benzene rings is 1. The van der Waals surface area contributed by atoms with Gasteiger partial charge in [-0.3, -0.25) is 4.79 Å². The fourth-order valence-electron chi connectivity index (χ4n) is 1.27. The zero-order chi connectivity index (χ0) is 9.97. The summed E-state index contributed by atoms with van der Waals surface area (Å²) in [6, 6.07) is 7.32. The monoisotopic (exact) mass is 209 g/mol. The quantitative estimate of drug-likeness (QED) is 0.746. The van der Waals surface area contributed by atoms with Crippen molar-refractivity contribution in [2.75, 3.05) is 0 Å². The molecule has 1 aromatic rings. The summed E-state index contributed by atoms with van der Waals surface area (Å²) in [6.45, 7) is 0. The molecule has 0 N–H and O–H groups in total. The molecule has 0 fully saturated rings. The van der Waals surface area contributed by atoms with Crippen LogP contribution in [0, 0.1) is 0 Å². The van der Waals surface area contributed by atoms with Crippen molar-refractivity contribution < 1.29 is 9.53 Å². The van der Waals surface area contributed by atoms with Crippen LogP contribution in [0.1, 0.15) is 5.56 Å². The average molecular weight is 210 g/mol. The topological polar surface area (TPSA) is 38.7 Å². The lowest BCUT2D eigenvalue weighted by molar-refractivity contribution is -0.122. The van der Waals surface area contributed by atoms with Gasteiger partial charge in [0, 0.05) is 11.4 Å². The summed E-state index contributed by atoms with van der Waals surface area (Å²) in [4.78, 5) is 14.6. The van der Waals surface area contributed by atoms with E-state index in [-0.39, 0.29) is 5.91 Å². The van der Waals surface area contributed by atoms with Crippen LogP contribution in [-0.4, -0.2) is 18.4 Å². The van der Waals surface area contributed by atoms with E-state index in [2.05, 4.69) is 4.99 Å². The molecular formula is C10H8ClNO2. The number of nitrogens with zero attached hydrogens (tertiary/aromatic N) is 1. The van der Waals surface area contributed by atoms with Crippen molar-refractivity contribution in [2.24, 2.45) is 4.99 Å². The van der Waals surface area contributed by atoms with E-state index in [1.807, 2.05) is 12.1 Å². The van der Waals surface area contributed by atoms with E-state index >= 15 is 0 Å². The fourth-order valence-corrected chi connectivity index (χ4v) is 1.39. The van der Waals surface area contributed by atoms with Crippen molar-refractivity contribution in [1.82, 2.24) is 0 Å². The molecule has 0 radical (unpaired) electrons.